The van der Waals surface area contributed by atoms with Gasteiger partial charge in [-0.15, -0.1) is 0 Å². The van der Waals surface area contributed by atoms with Crippen LogP contribution in [0.3, 0.4) is 0 Å². The van der Waals surface area contributed by atoms with Crippen molar-refractivity contribution in [1.29, 1.82) is 0 Å². The van der Waals surface area contributed by atoms with Crippen molar-refractivity contribution in [2.75, 3.05) is 32.8 Å². The third-order valence-electron chi connectivity index (χ3n) is 4.62. The van der Waals surface area contributed by atoms with Gasteiger partial charge in [-0.3, -0.25) is 4.79 Å². The summed E-state index contributed by atoms with van der Waals surface area (Å²) in [5.74, 6) is 2.31. The Hall–Kier alpha value is -1.59. The largest absolute Gasteiger partial charge is 0.492 e. The van der Waals surface area contributed by atoms with Crippen LogP contribution in [0, 0.1) is 11.8 Å². The van der Waals surface area contributed by atoms with E-state index in [9.17, 15) is 4.79 Å². The van der Waals surface area contributed by atoms with E-state index < -0.39 is 0 Å². The Bertz CT molecular complexity index is 467. The molecule has 2 atom stereocenters. The number of hydrogen-bond donors (Lipinski definition) is 3. The second-order valence-electron chi connectivity index (χ2n) is 6.60. The SMILES string of the molecule is NCC1CCCC(CNCCC(=O)NCCOc2ccccc2)C1. The maximum Gasteiger partial charge on any atom is 0.221 e. The first-order chi connectivity index (χ1) is 11.8. The quantitative estimate of drug-likeness (QED) is 0.572. The summed E-state index contributed by atoms with van der Waals surface area (Å²) in [4.78, 5) is 11.8. The van der Waals surface area contributed by atoms with Crippen LogP contribution < -0.4 is 21.1 Å². The molecule has 1 aliphatic rings. The average molecular weight is 333 g/mol. The number of ether oxygens (including phenoxy) is 1. The number of nitrogens with two attached hydrogens (primary N) is 1. The average Bonchev–Trinajstić information content (AvgIpc) is 2.63. The second kappa shape index (κ2) is 11.0. The van der Waals surface area contributed by atoms with Gasteiger partial charge in [0.05, 0.1) is 6.54 Å². The van der Waals surface area contributed by atoms with Crippen LogP contribution in [-0.2, 0) is 4.79 Å². The van der Waals surface area contributed by atoms with Crippen molar-refractivity contribution in [3.05, 3.63) is 30.3 Å². The van der Waals surface area contributed by atoms with E-state index in [4.69, 9.17) is 10.5 Å². The Balaban J connectivity index is 1.46. The van der Waals surface area contributed by atoms with Crippen molar-refractivity contribution in [2.24, 2.45) is 17.6 Å². The highest BCUT2D eigenvalue weighted by Crippen LogP contribution is 2.27. The fourth-order valence-electron chi connectivity index (χ4n) is 3.27. The predicted molar refractivity (Wildman–Crippen MR) is 96.9 cm³/mol. The van der Waals surface area contributed by atoms with Gasteiger partial charge in [0.25, 0.3) is 0 Å². The summed E-state index contributed by atoms with van der Waals surface area (Å²) in [6.45, 7) is 3.57. The van der Waals surface area contributed by atoms with E-state index in [1.54, 1.807) is 0 Å². The number of carbonyl (C=O) groups excluding carboxylic acids is 1. The fourth-order valence-corrected chi connectivity index (χ4v) is 3.27. The van der Waals surface area contributed by atoms with Gasteiger partial charge in [0.15, 0.2) is 0 Å². The summed E-state index contributed by atoms with van der Waals surface area (Å²) < 4.78 is 5.54. The highest BCUT2D eigenvalue weighted by atomic mass is 16.5. The van der Waals surface area contributed by atoms with E-state index in [1.807, 2.05) is 30.3 Å². The molecule has 5 nitrogen and oxygen atoms in total. The zero-order valence-corrected chi connectivity index (χ0v) is 14.5. The van der Waals surface area contributed by atoms with Crippen molar-refractivity contribution in [3.8, 4) is 5.75 Å². The van der Waals surface area contributed by atoms with Gasteiger partial charge in [0.1, 0.15) is 12.4 Å². The van der Waals surface area contributed by atoms with Crippen LogP contribution in [-0.4, -0.2) is 38.7 Å². The molecule has 5 heteroatoms. The van der Waals surface area contributed by atoms with E-state index in [0.717, 1.165) is 31.3 Å². The van der Waals surface area contributed by atoms with Crippen LogP contribution in [0.4, 0.5) is 0 Å². The predicted octanol–water partition coefficient (Wildman–Crippen LogP) is 1.93. The normalized spacial score (nSPS) is 20.5. The summed E-state index contributed by atoms with van der Waals surface area (Å²) in [7, 11) is 0. The molecule has 1 aromatic rings. The minimum Gasteiger partial charge on any atom is -0.492 e. The Morgan fingerprint density at radius 3 is 2.75 bits per heavy atom. The summed E-state index contributed by atoms with van der Waals surface area (Å²) in [6, 6.07) is 9.63. The van der Waals surface area contributed by atoms with Crippen LogP contribution in [0.15, 0.2) is 30.3 Å². The smallest absolute Gasteiger partial charge is 0.221 e. The van der Waals surface area contributed by atoms with E-state index in [-0.39, 0.29) is 5.91 Å². The summed E-state index contributed by atoms with van der Waals surface area (Å²) in [5, 5.41) is 6.30. The molecule has 4 N–H and O–H groups in total. The van der Waals surface area contributed by atoms with Gasteiger partial charge in [0, 0.05) is 13.0 Å². The molecule has 2 rings (SSSR count). The Morgan fingerprint density at radius 2 is 1.96 bits per heavy atom. The van der Waals surface area contributed by atoms with Crippen LogP contribution in [0.25, 0.3) is 0 Å². The lowest BCUT2D eigenvalue weighted by Crippen LogP contribution is -2.33. The molecule has 1 aliphatic carbocycles. The molecule has 1 fully saturated rings. The maximum absolute atomic E-state index is 11.8. The van der Waals surface area contributed by atoms with Crippen LogP contribution in [0.2, 0.25) is 0 Å². The third-order valence-corrected chi connectivity index (χ3v) is 4.62. The zero-order chi connectivity index (χ0) is 17.0. The number of amides is 1. The lowest BCUT2D eigenvalue weighted by molar-refractivity contribution is -0.121. The van der Waals surface area contributed by atoms with Crippen molar-refractivity contribution in [2.45, 2.75) is 32.1 Å². The molecular weight excluding hydrogens is 302 g/mol. The monoisotopic (exact) mass is 333 g/mol. The molecule has 1 aromatic carbocycles. The Labute approximate surface area is 145 Å². The summed E-state index contributed by atoms with van der Waals surface area (Å²) >= 11 is 0. The Morgan fingerprint density at radius 1 is 1.17 bits per heavy atom. The lowest BCUT2D eigenvalue weighted by Gasteiger charge is -2.28. The maximum atomic E-state index is 11.8. The highest BCUT2D eigenvalue weighted by molar-refractivity contribution is 5.76. The minimum absolute atomic E-state index is 0.0719. The van der Waals surface area contributed by atoms with E-state index >= 15 is 0 Å². The van der Waals surface area contributed by atoms with Gasteiger partial charge in [-0.25, -0.2) is 0 Å². The molecular formula is C19H31N3O2. The highest BCUT2D eigenvalue weighted by Gasteiger charge is 2.20. The molecule has 0 radical (unpaired) electrons. The van der Waals surface area contributed by atoms with Gasteiger partial charge in [-0.2, -0.15) is 0 Å². The fraction of sp³-hybridized carbons (Fsp3) is 0.632. The third kappa shape index (κ3) is 7.32. The van der Waals surface area contributed by atoms with Gasteiger partial charge in [0.2, 0.25) is 5.91 Å². The molecule has 0 bridgehead atoms. The number of para-hydroxylation sites is 1. The molecule has 24 heavy (non-hydrogen) atoms. The Kier molecular flexibility index (Phi) is 8.63. The zero-order valence-electron chi connectivity index (χ0n) is 14.5. The van der Waals surface area contributed by atoms with Crippen LogP contribution in [0.5, 0.6) is 5.75 Å². The first-order valence-electron chi connectivity index (χ1n) is 9.13. The van der Waals surface area contributed by atoms with Crippen LogP contribution in [0.1, 0.15) is 32.1 Å². The number of rotatable bonds is 10. The molecule has 0 saturated heterocycles. The summed E-state index contributed by atoms with van der Waals surface area (Å²) in [5.41, 5.74) is 5.77. The molecule has 0 aromatic heterocycles. The van der Waals surface area contributed by atoms with Crippen molar-refractivity contribution in [1.82, 2.24) is 10.6 Å². The first-order valence-corrected chi connectivity index (χ1v) is 9.13. The molecule has 0 spiro atoms. The van der Waals surface area contributed by atoms with E-state index in [2.05, 4.69) is 10.6 Å². The van der Waals surface area contributed by atoms with E-state index in [0.29, 0.717) is 25.5 Å². The number of hydrogen-bond acceptors (Lipinski definition) is 4. The molecule has 1 amide bonds. The molecule has 0 aliphatic heterocycles. The van der Waals surface area contributed by atoms with Gasteiger partial charge in [-0.1, -0.05) is 24.6 Å². The minimum atomic E-state index is 0.0719. The number of carbonyl (C=O) groups is 1. The van der Waals surface area contributed by atoms with Gasteiger partial charge in [-0.05, 0) is 56.3 Å². The van der Waals surface area contributed by atoms with Crippen molar-refractivity contribution in [3.63, 3.8) is 0 Å². The molecule has 134 valence electrons. The van der Waals surface area contributed by atoms with Crippen molar-refractivity contribution >= 4 is 5.91 Å². The lowest BCUT2D eigenvalue weighted by atomic mass is 9.81. The first kappa shape index (κ1) is 18.7. The van der Waals surface area contributed by atoms with Gasteiger partial charge >= 0.3 is 0 Å². The standard InChI is InChI=1S/C19H31N3O2/c20-14-16-5-4-6-17(13-16)15-21-10-9-19(23)22-11-12-24-18-7-2-1-3-8-18/h1-3,7-8,16-17,21H,4-6,9-15,20H2,(H,22,23). The van der Waals surface area contributed by atoms with Crippen LogP contribution >= 0.6 is 0 Å². The van der Waals surface area contributed by atoms with Crippen molar-refractivity contribution < 1.29 is 9.53 Å². The van der Waals surface area contributed by atoms with Gasteiger partial charge < -0.3 is 21.1 Å². The van der Waals surface area contributed by atoms with E-state index in [1.165, 1.54) is 25.7 Å². The second-order valence-corrected chi connectivity index (χ2v) is 6.60. The topological polar surface area (TPSA) is 76.4 Å². The number of nitrogens with one attached hydrogen (secondary N) is 2. The summed E-state index contributed by atoms with van der Waals surface area (Å²) in [6.07, 6.45) is 5.59. The number of benzene rings is 1. The molecule has 0 heterocycles. The molecule has 2 unspecified atom stereocenters. The molecule has 1 saturated carbocycles.